The normalized spacial score (nSPS) is 12.3. The largest absolute Gasteiger partial charge is 0.505 e. The lowest BCUT2D eigenvalue weighted by atomic mass is 9.84. The summed E-state index contributed by atoms with van der Waals surface area (Å²) in [4.78, 5) is 13.6. The van der Waals surface area contributed by atoms with E-state index in [-0.39, 0.29) is 23.7 Å². The van der Waals surface area contributed by atoms with Gasteiger partial charge in [-0.05, 0) is 36.1 Å². The molecule has 2 aromatic carbocycles. The maximum absolute atomic E-state index is 11.6. The van der Waals surface area contributed by atoms with Gasteiger partial charge in [0.05, 0.1) is 6.61 Å². The molecule has 0 radical (unpaired) electrons. The predicted molar refractivity (Wildman–Crippen MR) is 109 cm³/mol. The molecule has 0 saturated heterocycles. The second kappa shape index (κ2) is 6.19. The minimum atomic E-state index is -0.383. The molecule has 4 rings (SSSR count). The Morgan fingerprint density at radius 2 is 1.75 bits per heavy atom. The van der Waals surface area contributed by atoms with Gasteiger partial charge < -0.3 is 9.84 Å². The Bertz CT molecular complexity index is 1140. The van der Waals surface area contributed by atoms with Crippen LogP contribution in [-0.4, -0.2) is 31.7 Å². The van der Waals surface area contributed by atoms with Gasteiger partial charge in [-0.1, -0.05) is 45.5 Å². The molecule has 28 heavy (non-hydrogen) atoms. The van der Waals surface area contributed by atoms with Gasteiger partial charge in [0.2, 0.25) is 0 Å². The van der Waals surface area contributed by atoms with E-state index >= 15 is 0 Å². The summed E-state index contributed by atoms with van der Waals surface area (Å²) in [5.74, 6) is -0.109. The van der Waals surface area contributed by atoms with E-state index in [1.54, 1.807) is 6.92 Å². The maximum Gasteiger partial charge on any atom is 0.333 e. The first kappa shape index (κ1) is 18.2. The summed E-state index contributed by atoms with van der Waals surface area (Å²) in [5, 5.41) is 11.0. The molecule has 6 heteroatoms. The molecule has 2 heterocycles. The summed E-state index contributed by atoms with van der Waals surface area (Å²) in [6.07, 6.45) is 0.566. The lowest BCUT2D eigenvalue weighted by Crippen LogP contribution is -2.14. The minimum absolute atomic E-state index is 0.226. The molecule has 4 aromatic rings. The van der Waals surface area contributed by atoms with Crippen LogP contribution in [0.1, 0.15) is 38.8 Å². The van der Waals surface area contributed by atoms with Crippen LogP contribution in [-0.2, 0) is 21.4 Å². The van der Waals surface area contributed by atoms with Crippen molar-refractivity contribution in [2.24, 2.45) is 0 Å². The smallest absolute Gasteiger partial charge is 0.333 e. The molecule has 0 fully saturated rings. The van der Waals surface area contributed by atoms with Crippen LogP contribution in [0.3, 0.4) is 0 Å². The highest BCUT2D eigenvalue weighted by Gasteiger charge is 2.29. The molecule has 0 bridgehead atoms. The first-order chi connectivity index (χ1) is 13.2. The van der Waals surface area contributed by atoms with Crippen molar-refractivity contribution in [2.75, 3.05) is 6.61 Å². The summed E-state index contributed by atoms with van der Waals surface area (Å²) in [6.45, 7) is 11.7. The molecular weight excluding hydrogens is 354 g/mol. The SMILES string of the molecule is C=C(C)C(=O)OCCc1cc(-n2n3c4ccccc4n23)c(O)c(C(C)(C)C)c1. The van der Waals surface area contributed by atoms with Crippen LogP contribution >= 0.6 is 0 Å². The van der Waals surface area contributed by atoms with Crippen LogP contribution in [0.2, 0.25) is 0 Å². The van der Waals surface area contributed by atoms with Crippen LogP contribution in [0, 0.1) is 0 Å². The number of benzene rings is 2. The summed E-state index contributed by atoms with van der Waals surface area (Å²) >= 11 is 0. The third-order valence-corrected chi connectivity index (χ3v) is 4.97. The summed E-state index contributed by atoms with van der Waals surface area (Å²) in [6, 6.07) is 12.1. The maximum atomic E-state index is 11.6. The number of ether oxygens (including phenoxy) is 1. The number of phenolic OH excluding ortho intramolecular Hbond substituents is 1. The zero-order valence-corrected chi connectivity index (χ0v) is 16.7. The number of carbonyl (C=O) groups is 1. The number of aromatic hydroxyl groups is 1. The van der Waals surface area contributed by atoms with Gasteiger partial charge in [0.25, 0.3) is 0 Å². The molecule has 0 saturated carbocycles. The number of phenols is 1. The second-order valence-corrected chi connectivity index (χ2v) is 8.28. The minimum Gasteiger partial charge on any atom is -0.505 e. The summed E-state index contributed by atoms with van der Waals surface area (Å²) < 4.78 is 9.28. The van der Waals surface area contributed by atoms with Gasteiger partial charge in [-0.3, -0.25) is 0 Å². The Morgan fingerprint density at radius 1 is 1.14 bits per heavy atom. The third kappa shape index (κ3) is 2.85. The fourth-order valence-electron chi connectivity index (χ4n) is 3.43. The van der Waals surface area contributed by atoms with Gasteiger partial charge >= 0.3 is 5.97 Å². The second-order valence-electron chi connectivity index (χ2n) is 8.28. The Kier molecular flexibility index (Phi) is 4.03. The number of fused-ring (bicyclic) bond motifs is 4. The van der Waals surface area contributed by atoms with Crippen molar-refractivity contribution in [3.05, 3.63) is 59.7 Å². The number of carbonyl (C=O) groups excluding carboxylic acids is 1. The zero-order valence-electron chi connectivity index (χ0n) is 16.7. The number of para-hydroxylation sites is 2. The van der Waals surface area contributed by atoms with Crippen molar-refractivity contribution in [2.45, 2.75) is 39.5 Å². The number of nitrogens with zero attached hydrogens (tertiary/aromatic N) is 3. The van der Waals surface area contributed by atoms with Crippen LogP contribution in [0.15, 0.2) is 48.6 Å². The summed E-state index contributed by atoms with van der Waals surface area (Å²) in [5.41, 5.74) is 4.98. The van der Waals surface area contributed by atoms with E-state index in [0.29, 0.717) is 12.0 Å². The van der Waals surface area contributed by atoms with E-state index in [1.165, 1.54) is 0 Å². The topological polar surface area (TPSA) is 60.3 Å². The first-order valence-electron chi connectivity index (χ1n) is 9.38. The molecule has 0 aliphatic rings. The van der Waals surface area contributed by atoms with E-state index in [2.05, 4.69) is 39.5 Å². The Balaban J connectivity index is 1.72. The quantitative estimate of drug-likeness (QED) is 0.420. The molecule has 0 amide bonds. The van der Waals surface area contributed by atoms with E-state index in [1.807, 2.05) is 38.3 Å². The molecule has 1 N–H and O–H groups in total. The van der Waals surface area contributed by atoms with Crippen molar-refractivity contribution in [1.82, 2.24) is 14.1 Å². The van der Waals surface area contributed by atoms with Gasteiger partial charge in [0.15, 0.2) is 0 Å². The molecule has 0 spiro atoms. The molecule has 0 aliphatic heterocycles. The zero-order chi connectivity index (χ0) is 20.2. The lowest BCUT2D eigenvalue weighted by molar-refractivity contribution is -0.138. The number of esters is 1. The average Bonchev–Trinajstić information content (AvgIpc) is 3.28. The highest BCUT2D eigenvalue weighted by Crippen LogP contribution is 2.38. The van der Waals surface area contributed by atoms with Crippen molar-refractivity contribution in [1.29, 1.82) is 0 Å². The Labute approximate surface area is 163 Å². The average molecular weight is 379 g/mol. The summed E-state index contributed by atoms with van der Waals surface area (Å²) in [7, 11) is 0. The van der Waals surface area contributed by atoms with Crippen LogP contribution < -0.4 is 0 Å². The molecule has 0 aliphatic carbocycles. The molecule has 0 unspecified atom stereocenters. The standard InChI is InChI=1S/C22H25N3O3/c1-14(2)21(27)28-11-10-15-12-16(22(3,4)5)20(26)19(13-15)25-23-17-8-6-7-9-18(17)24(23)25/h6-9,12-13,26H,1,10-11H2,2-5H3. The van der Waals surface area contributed by atoms with E-state index in [4.69, 9.17) is 4.74 Å². The highest BCUT2D eigenvalue weighted by atomic mass is 16.5. The van der Waals surface area contributed by atoms with Crippen molar-refractivity contribution < 1.29 is 14.6 Å². The highest BCUT2D eigenvalue weighted by molar-refractivity contribution is 5.86. The van der Waals surface area contributed by atoms with Gasteiger partial charge in [-0.2, -0.15) is 0 Å². The van der Waals surface area contributed by atoms with Crippen molar-refractivity contribution in [3.8, 4) is 11.4 Å². The first-order valence-corrected chi connectivity index (χ1v) is 9.38. The van der Waals surface area contributed by atoms with Gasteiger partial charge in [0.1, 0.15) is 22.5 Å². The molecule has 146 valence electrons. The van der Waals surface area contributed by atoms with E-state index < -0.39 is 0 Å². The van der Waals surface area contributed by atoms with Crippen LogP contribution in [0.4, 0.5) is 0 Å². The monoisotopic (exact) mass is 379 g/mol. The number of hydrogen-bond donors (Lipinski definition) is 1. The molecule has 0 atom stereocenters. The van der Waals surface area contributed by atoms with Crippen LogP contribution in [0.25, 0.3) is 16.7 Å². The molecule has 6 nitrogen and oxygen atoms in total. The third-order valence-electron chi connectivity index (χ3n) is 4.97. The number of hydrogen-bond acceptors (Lipinski definition) is 3. The molecular formula is C22H25N3O3. The van der Waals surface area contributed by atoms with Gasteiger partial charge in [-0.15, -0.1) is 14.1 Å². The number of rotatable bonds is 5. The molecule has 2 aromatic heterocycles. The van der Waals surface area contributed by atoms with Crippen molar-refractivity contribution in [3.63, 3.8) is 0 Å². The van der Waals surface area contributed by atoms with Gasteiger partial charge in [-0.25, -0.2) is 4.79 Å². The van der Waals surface area contributed by atoms with Crippen LogP contribution in [0.5, 0.6) is 5.75 Å². The predicted octanol–water partition coefficient (Wildman–Crippen LogP) is 4.09. The fraction of sp³-hybridized carbons (Fsp3) is 0.318. The van der Waals surface area contributed by atoms with Gasteiger partial charge in [0, 0.05) is 17.6 Å². The van der Waals surface area contributed by atoms with E-state index in [9.17, 15) is 9.90 Å². The number of aromatic nitrogens is 3. The fourth-order valence-corrected chi connectivity index (χ4v) is 3.43. The van der Waals surface area contributed by atoms with E-state index in [0.717, 1.165) is 27.8 Å². The van der Waals surface area contributed by atoms with Crippen molar-refractivity contribution >= 4 is 17.0 Å². The Hall–Kier alpha value is -3.15. The lowest BCUT2D eigenvalue weighted by Gasteiger charge is -2.22. The Morgan fingerprint density at radius 3 is 2.29 bits per heavy atom.